The first-order valence-corrected chi connectivity index (χ1v) is 9.08. The quantitative estimate of drug-likeness (QED) is 0.257. The summed E-state index contributed by atoms with van der Waals surface area (Å²) in [5.41, 5.74) is 0. The van der Waals surface area contributed by atoms with Crippen LogP contribution in [0, 0.1) is 5.92 Å². The van der Waals surface area contributed by atoms with Gasteiger partial charge >= 0.3 is 0 Å². The van der Waals surface area contributed by atoms with Gasteiger partial charge in [0.2, 0.25) is 0 Å². The van der Waals surface area contributed by atoms with E-state index in [0.29, 0.717) is 18.5 Å². The zero-order valence-electron chi connectivity index (χ0n) is 15.5. The fraction of sp³-hybridized carbons (Fsp3) is 0.632. The molecule has 1 aromatic rings. The minimum absolute atomic E-state index is 0. The molecule has 0 saturated carbocycles. The van der Waals surface area contributed by atoms with Crippen LogP contribution in [0.4, 0.5) is 0 Å². The second-order valence-corrected chi connectivity index (χ2v) is 6.80. The van der Waals surface area contributed by atoms with Gasteiger partial charge in [0.05, 0.1) is 12.8 Å². The van der Waals surface area contributed by atoms with Crippen molar-refractivity contribution >= 4 is 29.9 Å². The van der Waals surface area contributed by atoms with E-state index >= 15 is 0 Å². The van der Waals surface area contributed by atoms with Gasteiger partial charge in [0.1, 0.15) is 5.76 Å². The topological polar surface area (TPSA) is 52.8 Å². The van der Waals surface area contributed by atoms with Gasteiger partial charge in [0.15, 0.2) is 5.96 Å². The number of furan rings is 1. The molecule has 0 aliphatic carbocycles. The predicted octanol–water partition coefficient (Wildman–Crippen LogP) is 3.28. The molecule has 0 spiro atoms. The van der Waals surface area contributed by atoms with E-state index in [1.165, 1.54) is 25.9 Å². The average molecular weight is 460 g/mol. The Morgan fingerprint density at radius 2 is 2.32 bits per heavy atom. The van der Waals surface area contributed by atoms with E-state index in [4.69, 9.17) is 9.41 Å². The van der Waals surface area contributed by atoms with Crippen molar-refractivity contribution in [2.24, 2.45) is 10.9 Å². The molecule has 0 aromatic carbocycles. The van der Waals surface area contributed by atoms with Crippen molar-refractivity contribution in [3.8, 4) is 0 Å². The summed E-state index contributed by atoms with van der Waals surface area (Å²) in [6.45, 7) is 13.1. The molecular formula is C19H33IN4O. The molecule has 1 aliphatic heterocycles. The number of likely N-dealkylation sites (tertiary alicyclic amines) is 1. The van der Waals surface area contributed by atoms with Gasteiger partial charge in [-0.2, -0.15) is 0 Å². The zero-order valence-corrected chi connectivity index (χ0v) is 17.9. The second kappa shape index (κ2) is 12.4. The molecule has 1 aliphatic rings. The van der Waals surface area contributed by atoms with Crippen LogP contribution in [0.3, 0.4) is 0 Å². The lowest BCUT2D eigenvalue weighted by Crippen LogP contribution is -2.40. The van der Waals surface area contributed by atoms with E-state index in [-0.39, 0.29) is 24.0 Å². The molecule has 2 N–H and O–H groups in total. The van der Waals surface area contributed by atoms with Crippen molar-refractivity contribution < 1.29 is 4.42 Å². The van der Waals surface area contributed by atoms with Gasteiger partial charge in [-0.25, -0.2) is 0 Å². The Morgan fingerprint density at radius 1 is 1.48 bits per heavy atom. The average Bonchev–Trinajstić information content (AvgIpc) is 3.21. The van der Waals surface area contributed by atoms with Gasteiger partial charge in [0, 0.05) is 32.1 Å². The normalized spacial score (nSPS) is 18.2. The van der Waals surface area contributed by atoms with Gasteiger partial charge < -0.3 is 15.1 Å². The highest BCUT2D eigenvalue weighted by Gasteiger charge is 2.24. The summed E-state index contributed by atoms with van der Waals surface area (Å²) in [6, 6.07) is 4.49. The summed E-state index contributed by atoms with van der Waals surface area (Å²) in [5, 5.41) is 6.69. The summed E-state index contributed by atoms with van der Waals surface area (Å²) in [7, 11) is 0. The summed E-state index contributed by atoms with van der Waals surface area (Å²) in [4.78, 5) is 7.38. The third kappa shape index (κ3) is 8.27. The molecule has 0 radical (unpaired) electrons. The number of hydrogen-bond acceptors (Lipinski definition) is 3. The third-order valence-corrected chi connectivity index (χ3v) is 4.22. The maximum atomic E-state index is 5.37. The Balaban J connectivity index is 0.00000312. The molecule has 0 unspecified atom stereocenters. The van der Waals surface area contributed by atoms with Gasteiger partial charge in [0.25, 0.3) is 0 Å². The van der Waals surface area contributed by atoms with Crippen molar-refractivity contribution in [3.63, 3.8) is 0 Å². The first-order valence-electron chi connectivity index (χ1n) is 9.08. The molecule has 2 heterocycles. The van der Waals surface area contributed by atoms with Crippen molar-refractivity contribution in [3.05, 3.63) is 36.8 Å². The fourth-order valence-corrected chi connectivity index (χ4v) is 3.11. The summed E-state index contributed by atoms with van der Waals surface area (Å²) in [6.07, 6.45) is 6.95. The monoisotopic (exact) mass is 460 g/mol. The molecule has 5 nitrogen and oxygen atoms in total. The van der Waals surface area contributed by atoms with Crippen LogP contribution in [-0.2, 0) is 6.42 Å². The Morgan fingerprint density at radius 3 is 3.00 bits per heavy atom. The second-order valence-electron chi connectivity index (χ2n) is 6.80. The van der Waals surface area contributed by atoms with E-state index in [1.807, 2.05) is 18.2 Å². The smallest absolute Gasteiger partial charge is 0.191 e. The predicted molar refractivity (Wildman–Crippen MR) is 116 cm³/mol. The fourth-order valence-electron chi connectivity index (χ4n) is 3.11. The maximum absolute atomic E-state index is 5.37. The van der Waals surface area contributed by atoms with Crippen LogP contribution in [0.15, 0.2) is 40.5 Å². The van der Waals surface area contributed by atoms with E-state index in [0.717, 1.165) is 31.2 Å². The Hall–Kier alpha value is -1.02. The molecular weight excluding hydrogens is 427 g/mol. The lowest BCUT2D eigenvalue weighted by Gasteiger charge is -2.25. The number of guanidine groups is 1. The lowest BCUT2D eigenvalue weighted by atomic mass is 10.2. The molecule has 0 bridgehead atoms. The van der Waals surface area contributed by atoms with Gasteiger partial charge in [-0.1, -0.05) is 19.9 Å². The van der Waals surface area contributed by atoms with Crippen molar-refractivity contribution in [2.45, 2.75) is 39.2 Å². The third-order valence-electron chi connectivity index (χ3n) is 4.22. The van der Waals surface area contributed by atoms with Gasteiger partial charge in [-0.05, 0) is 37.4 Å². The Bertz CT molecular complexity index is 502. The standard InChI is InChI=1S/C19H32N4O.HI/c1-4-10-20-19(21-11-9-18-8-6-13-24-18)22-14-17-7-5-12-23(17)15-16(2)3;/h4,6,8,13,16-17H,1,5,7,9-12,14-15H2,2-3H3,(H2,20,21,22);1H/t17-;/m1./s1. The summed E-state index contributed by atoms with van der Waals surface area (Å²) < 4.78 is 5.37. The van der Waals surface area contributed by atoms with Crippen LogP contribution in [0.1, 0.15) is 32.4 Å². The highest BCUT2D eigenvalue weighted by atomic mass is 127. The molecule has 25 heavy (non-hydrogen) atoms. The lowest BCUT2D eigenvalue weighted by molar-refractivity contribution is 0.231. The molecule has 6 heteroatoms. The van der Waals surface area contributed by atoms with Crippen LogP contribution in [0.5, 0.6) is 0 Å². The number of aliphatic imine (C=N–C) groups is 1. The number of hydrogen-bond donors (Lipinski definition) is 2. The van der Waals surface area contributed by atoms with Crippen LogP contribution >= 0.6 is 24.0 Å². The van der Waals surface area contributed by atoms with E-state index < -0.39 is 0 Å². The summed E-state index contributed by atoms with van der Waals surface area (Å²) >= 11 is 0. The van der Waals surface area contributed by atoms with Crippen molar-refractivity contribution in [1.29, 1.82) is 0 Å². The number of nitrogens with one attached hydrogen (secondary N) is 2. The molecule has 2 rings (SSSR count). The highest BCUT2D eigenvalue weighted by molar-refractivity contribution is 14.0. The highest BCUT2D eigenvalue weighted by Crippen LogP contribution is 2.18. The van der Waals surface area contributed by atoms with E-state index in [1.54, 1.807) is 6.26 Å². The first kappa shape index (κ1) is 22.0. The van der Waals surface area contributed by atoms with Gasteiger partial charge in [-0.15, -0.1) is 30.6 Å². The molecule has 0 amide bonds. The Kier molecular flexibility index (Phi) is 10.9. The maximum Gasteiger partial charge on any atom is 0.191 e. The number of rotatable bonds is 9. The first-order chi connectivity index (χ1) is 11.7. The minimum atomic E-state index is 0. The van der Waals surface area contributed by atoms with Gasteiger partial charge in [-0.3, -0.25) is 9.89 Å². The molecule has 1 fully saturated rings. The zero-order chi connectivity index (χ0) is 17.2. The van der Waals surface area contributed by atoms with Crippen LogP contribution in [-0.4, -0.2) is 49.6 Å². The molecule has 1 atom stereocenters. The largest absolute Gasteiger partial charge is 0.469 e. The SMILES string of the molecule is C=CCNC(=NC[C@H]1CCCN1CC(C)C)NCCc1ccco1.I. The molecule has 1 saturated heterocycles. The number of nitrogens with zero attached hydrogens (tertiary/aromatic N) is 2. The van der Waals surface area contributed by atoms with Crippen LogP contribution < -0.4 is 10.6 Å². The van der Waals surface area contributed by atoms with E-state index in [9.17, 15) is 0 Å². The van der Waals surface area contributed by atoms with Crippen LogP contribution in [0.2, 0.25) is 0 Å². The van der Waals surface area contributed by atoms with Crippen molar-refractivity contribution in [2.75, 3.05) is 32.7 Å². The minimum Gasteiger partial charge on any atom is -0.469 e. The van der Waals surface area contributed by atoms with Crippen molar-refractivity contribution in [1.82, 2.24) is 15.5 Å². The molecule has 142 valence electrons. The van der Waals surface area contributed by atoms with E-state index in [2.05, 4.69) is 36.0 Å². The number of halogens is 1. The Labute approximate surface area is 169 Å². The summed E-state index contributed by atoms with van der Waals surface area (Å²) in [5.74, 6) is 2.56. The van der Waals surface area contributed by atoms with Crippen LogP contribution in [0.25, 0.3) is 0 Å². The molecule has 1 aromatic heterocycles.